The third-order valence-electron chi connectivity index (χ3n) is 5.86. The van der Waals surface area contributed by atoms with E-state index in [0.717, 1.165) is 24.4 Å². The smallest absolute Gasteiger partial charge is 0.309 e. The lowest BCUT2D eigenvalue weighted by Crippen LogP contribution is -2.40. The second-order valence-corrected chi connectivity index (χ2v) is 13.9. The number of carbonyl (C=O) groups is 2. The summed E-state index contributed by atoms with van der Waals surface area (Å²) in [5, 5.41) is 0.162. The van der Waals surface area contributed by atoms with Crippen molar-refractivity contribution in [2.24, 2.45) is 13.0 Å². The van der Waals surface area contributed by atoms with Gasteiger partial charge >= 0.3 is 11.9 Å². The van der Waals surface area contributed by atoms with Crippen molar-refractivity contribution in [3.8, 4) is 0 Å². The summed E-state index contributed by atoms with van der Waals surface area (Å²) in [4.78, 5) is 28.5. The molecule has 1 aromatic rings. The van der Waals surface area contributed by atoms with Crippen LogP contribution in [0.5, 0.6) is 0 Å². The fourth-order valence-electron chi connectivity index (χ4n) is 2.82. The topological polar surface area (TPSA) is 79.7 Å². The Hall–Kier alpha value is -1.67. The standard InChI is InChI=1S/C22H40N2O5Si/c1-9-27-20(25)14-17(21(26)28-10-2)12-11-13-19-23-15-18(24(19)6)16-29-30(7,8)22(3,4)5/h15,17H,9-14,16H2,1-8H3. The van der Waals surface area contributed by atoms with Crippen LogP contribution in [0, 0.1) is 5.92 Å². The quantitative estimate of drug-likeness (QED) is 0.354. The first-order chi connectivity index (χ1) is 13.9. The van der Waals surface area contributed by atoms with E-state index in [4.69, 9.17) is 13.9 Å². The molecule has 1 atom stereocenters. The van der Waals surface area contributed by atoms with Gasteiger partial charge in [0.15, 0.2) is 8.32 Å². The van der Waals surface area contributed by atoms with E-state index in [1.165, 1.54) is 0 Å². The summed E-state index contributed by atoms with van der Waals surface area (Å²) in [6, 6.07) is 0. The first-order valence-corrected chi connectivity index (χ1v) is 13.8. The summed E-state index contributed by atoms with van der Waals surface area (Å²) in [6.07, 6.45) is 3.93. The highest BCUT2D eigenvalue weighted by molar-refractivity contribution is 6.74. The molecule has 0 radical (unpaired) electrons. The average molecular weight is 441 g/mol. The Balaban J connectivity index is 2.66. The zero-order chi connectivity index (χ0) is 22.9. The normalized spacial score (nSPS) is 13.2. The van der Waals surface area contributed by atoms with Gasteiger partial charge in [-0.05, 0) is 44.8 Å². The summed E-state index contributed by atoms with van der Waals surface area (Å²) in [6.45, 7) is 15.8. The number of esters is 2. The molecule has 1 aromatic heterocycles. The van der Waals surface area contributed by atoms with Crippen LogP contribution in [0.4, 0.5) is 0 Å². The molecule has 0 N–H and O–H groups in total. The number of aryl methyl sites for hydroxylation is 1. The number of nitrogens with zero attached hydrogens (tertiary/aromatic N) is 2. The van der Waals surface area contributed by atoms with E-state index < -0.39 is 14.2 Å². The Labute approximate surface area is 182 Å². The molecule has 8 heteroatoms. The molecule has 1 unspecified atom stereocenters. The lowest BCUT2D eigenvalue weighted by molar-refractivity contribution is -0.155. The fourth-order valence-corrected chi connectivity index (χ4v) is 3.76. The van der Waals surface area contributed by atoms with Gasteiger partial charge in [-0.1, -0.05) is 20.8 Å². The van der Waals surface area contributed by atoms with Crippen molar-refractivity contribution in [2.45, 2.75) is 85.0 Å². The van der Waals surface area contributed by atoms with Crippen molar-refractivity contribution >= 4 is 20.3 Å². The minimum Gasteiger partial charge on any atom is -0.466 e. The Kier molecular flexibility index (Phi) is 10.2. The van der Waals surface area contributed by atoms with Crippen LogP contribution in [0.1, 0.15) is 65.4 Å². The molecule has 1 rings (SSSR count). The molecule has 0 aromatic carbocycles. The first kappa shape index (κ1) is 26.4. The van der Waals surface area contributed by atoms with Crippen molar-refractivity contribution in [2.75, 3.05) is 13.2 Å². The summed E-state index contributed by atoms with van der Waals surface area (Å²) < 4.78 is 18.5. The van der Waals surface area contributed by atoms with Crippen molar-refractivity contribution in [3.05, 3.63) is 17.7 Å². The highest BCUT2D eigenvalue weighted by Crippen LogP contribution is 2.37. The molecule has 7 nitrogen and oxygen atoms in total. The highest BCUT2D eigenvalue weighted by atomic mass is 28.4. The Morgan fingerprint density at radius 1 is 1.17 bits per heavy atom. The summed E-state index contributed by atoms with van der Waals surface area (Å²) in [5.41, 5.74) is 1.04. The van der Waals surface area contributed by atoms with Gasteiger partial charge in [-0.15, -0.1) is 0 Å². The Bertz CT molecular complexity index is 694. The van der Waals surface area contributed by atoms with E-state index in [1.54, 1.807) is 13.8 Å². The molecule has 0 bridgehead atoms. The minimum atomic E-state index is -1.82. The number of imidazole rings is 1. The first-order valence-electron chi connectivity index (χ1n) is 10.9. The number of ether oxygens (including phenoxy) is 2. The predicted octanol–water partition coefficient (Wildman–Crippen LogP) is 4.40. The monoisotopic (exact) mass is 440 g/mol. The van der Waals surface area contributed by atoms with Crippen LogP contribution in [0.15, 0.2) is 6.20 Å². The molecule has 0 amide bonds. The van der Waals surface area contributed by atoms with Crippen molar-refractivity contribution in [1.29, 1.82) is 0 Å². The molecule has 0 aliphatic carbocycles. The molecular weight excluding hydrogens is 400 g/mol. The minimum absolute atomic E-state index is 0.0544. The van der Waals surface area contributed by atoms with Crippen LogP contribution in [-0.2, 0) is 43.6 Å². The number of hydrogen-bond acceptors (Lipinski definition) is 6. The highest BCUT2D eigenvalue weighted by Gasteiger charge is 2.37. The van der Waals surface area contributed by atoms with Crippen molar-refractivity contribution < 1.29 is 23.5 Å². The van der Waals surface area contributed by atoms with Gasteiger partial charge < -0.3 is 18.5 Å². The molecule has 172 valence electrons. The van der Waals surface area contributed by atoms with Gasteiger partial charge in [0.2, 0.25) is 0 Å². The molecule has 0 fully saturated rings. The van der Waals surface area contributed by atoms with Gasteiger partial charge in [0, 0.05) is 13.5 Å². The molecule has 0 spiro atoms. The van der Waals surface area contributed by atoms with Crippen molar-refractivity contribution in [3.63, 3.8) is 0 Å². The second kappa shape index (κ2) is 11.6. The van der Waals surface area contributed by atoms with E-state index >= 15 is 0 Å². The van der Waals surface area contributed by atoms with Gasteiger partial charge in [0.25, 0.3) is 0 Å². The molecule has 0 saturated heterocycles. The van der Waals surface area contributed by atoms with Crippen LogP contribution < -0.4 is 0 Å². The molecule has 0 aliphatic heterocycles. The molecule has 0 saturated carbocycles. The fraction of sp³-hybridized carbons (Fsp3) is 0.773. The molecular formula is C22H40N2O5Si. The van der Waals surface area contributed by atoms with Gasteiger partial charge in [-0.25, -0.2) is 4.98 Å². The number of aromatic nitrogens is 2. The third kappa shape index (κ3) is 7.87. The second-order valence-electron chi connectivity index (χ2n) is 9.12. The largest absolute Gasteiger partial charge is 0.466 e. The number of hydrogen-bond donors (Lipinski definition) is 0. The van der Waals surface area contributed by atoms with Gasteiger partial charge in [-0.3, -0.25) is 9.59 Å². The van der Waals surface area contributed by atoms with Crippen LogP contribution in [0.25, 0.3) is 0 Å². The van der Waals surface area contributed by atoms with E-state index in [0.29, 0.717) is 26.2 Å². The molecule has 0 aliphatic rings. The van der Waals surface area contributed by atoms with E-state index in [9.17, 15) is 9.59 Å². The maximum Gasteiger partial charge on any atom is 0.309 e. The maximum atomic E-state index is 12.2. The zero-order valence-corrected chi connectivity index (χ0v) is 21.0. The number of rotatable bonds is 12. The molecule has 30 heavy (non-hydrogen) atoms. The van der Waals surface area contributed by atoms with Crippen LogP contribution in [0.2, 0.25) is 18.1 Å². The third-order valence-corrected chi connectivity index (χ3v) is 10.3. The lowest BCUT2D eigenvalue weighted by Gasteiger charge is -2.36. The van der Waals surface area contributed by atoms with Crippen LogP contribution >= 0.6 is 0 Å². The van der Waals surface area contributed by atoms with Crippen molar-refractivity contribution in [1.82, 2.24) is 9.55 Å². The predicted molar refractivity (Wildman–Crippen MR) is 120 cm³/mol. The zero-order valence-electron chi connectivity index (χ0n) is 20.0. The van der Waals surface area contributed by atoms with Gasteiger partial charge in [0.1, 0.15) is 5.82 Å². The Morgan fingerprint density at radius 3 is 2.37 bits per heavy atom. The van der Waals surface area contributed by atoms with Gasteiger partial charge in [-0.2, -0.15) is 0 Å². The lowest BCUT2D eigenvalue weighted by atomic mass is 9.98. The summed E-state index contributed by atoms with van der Waals surface area (Å²) in [7, 11) is 0.173. The summed E-state index contributed by atoms with van der Waals surface area (Å²) >= 11 is 0. The SMILES string of the molecule is CCOC(=O)CC(CCCc1ncc(CO[Si](C)(C)C(C)(C)C)n1C)C(=O)OCC. The van der Waals surface area contributed by atoms with E-state index in [2.05, 4.69) is 43.4 Å². The van der Waals surface area contributed by atoms with E-state index in [-0.39, 0.29) is 23.4 Å². The Morgan fingerprint density at radius 2 is 1.80 bits per heavy atom. The van der Waals surface area contributed by atoms with Crippen LogP contribution in [-0.4, -0.2) is 43.0 Å². The van der Waals surface area contributed by atoms with Crippen LogP contribution in [0.3, 0.4) is 0 Å². The average Bonchev–Trinajstić information content (AvgIpc) is 2.98. The number of carbonyl (C=O) groups excluding carboxylic acids is 2. The maximum absolute atomic E-state index is 12.2. The summed E-state index contributed by atoms with van der Waals surface area (Å²) in [5.74, 6) is -0.236. The molecule has 1 heterocycles. The van der Waals surface area contributed by atoms with Gasteiger partial charge in [0.05, 0.1) is 44.1 Å². The van der Waals surface area contributed by atoms with E-state index in [1.807, 2.05) is 13.2 Å².